The van der Waals surface area contributed by atoms with Crippen LogP contribution in [0.15, 0.2) is 0 Å². The van der Waals surface area contributed by atoms with Gasteiger partial charge in [0.1, 0.15) is 0 Å². The van der Waals surface area contributed by atoms with E-state index in [4.69, 9.17) is 5.73 Å². The van der Waals surface area contributed by atoms with Crippen LogP contribution in [0.4, 0.5) is 0 Å². The van der Waals surface area contributed by atoms with Crippen LogP contribution in [0.5, 0.6) is 0 Å². The van der Waals surface area contributed by atoms with Gasteiger partial charge in [-0.1, -0.05) is 39.5 Å². The van der Waals surface area contributed by atoms with Crippen LogP contribution in [0.2, 0.25) is 0 Å². The van der Waals surface area contributed by atoms with Crippen molar-refractivity contribution in [3.63, 3.8) is 0 Å². The van der Waals surface area contributed by atoms with Crippen molar-refractivity contribution in [3.8, 4) is 0 Å². The van der Waals surface area contributed by atoms with Crippen LogP contribution in [0.3, 0.4) is 0 Å². The van der Waals surface area contributed by atoms with Gasteiger partial charge in [0, 0.05) is 12.1 Å². The number of hydrogen-bond donors (Lipinski definition) is 2. The molecule has 0 spiro atoms. The maximum Gasteiger partial charge on any atom is 0.212 e. The van der Waals surface area contributed by atoms with Crippen molar-refractivity contribution < 1.29 is 8.42 Å². The molecule has 0 bridgehead atoms. The lowest BCUT2D eigenvalue weighted by Gasteiger charge is -2.32. The van der Waals surface area contributed by atoms with Crippen LogP contribution in [0, 0.1) is 5.92 Å². The Morgan fingerprint density at radius 3 is 2.17 bits per heavy atom. The summed E-state index contributed by atoms with van der Waals surface area (Å²) in [6.45, 7) is 4.49. The first kappa shape index (κ1) is 15.9. The third kappa shape index (κ3) is 5.24. The van der Waals surface area contributed by atoms with Crippen LogP contribution < -0.4 is 10.5 Å². The molecule has 0 aromatic heterocycles. The van der Waals surface area contributed by atoms with Crippen molar-refractivity contribution in [2.45, 2.75) is 64.3 Å². The molecule has 1 aliphatic rings. The Kier molecular flexibility index (Phi) is 6.08. The minimum atomic E-state index is -3.19. The Labute approximate surface area is 112 Å². The molecule has 0 radical (unpaired) electrons. The minimum absolute atomic E-state index is 0.215. The Bertz CT molecular complexity index is 331. The Balaban J connectivity index is 2.65. The van der Waals surface area contributed by atoms with Crippen molar-refractivity contribution in [3.05, 3.63) is 0 Å². The fraction of sp³-hybridized carbons (Fsp3) is 1.00. The fourth-order valence-corrected chi connectivity index (χ4v) is 4.36. The van der Waals surface area contributed by atoms with E-state index in [1.54, 1.807) is 0 Å². The Morgan fingerprint density at radius 1 is 1.17 bits per heavy atom. The first-order chi connectivity index (χ1) is 8.39. The summed E-state index contributed by atoms with van der Waals surface area (Å²) in [4.78, 5) is 0. The van der Waals surface area contributed by atoms with E-state index in [9.17, 15) is 8.42 Å². The lowest BCUT2D eigenvalue weighted by molar-refractivity contribution is 0.342. The summed E-state index contributed by atoms with van der Waals surface area (Å²) in [7, 11) is -3.19. The number of nitrogens with one attached hydrogen (secondary N) is 1. The first-order valence-electron chi connectivity index (χ1n) is 7.11. The van der Waals surface area contributed by atoms with E-state index in [2.05, 4.69) is 4.72 Å². The molecule has 0 aliphatic heterocycles. The van der Waals surface area contributed by atoms with Gasteiger partial charge < -0.3 is 5.73 Å². The van der Waals surface area contributed by atoms with Gasteiger partial charge in [-0.3, -0.25) is 0 Å². The normalized spacial score (nSPS) is 20.9. The van der Waals surface area contributed by atoms with Crippen LogP contribution in [0.1, 0.15) is 58.8 Å². The van der Waals surface area contributed by atoms with E-state index >= 15 is 0 Å². The zero-order valence-electron chi connectivity index (χ0n) is 11.7. The summed E-state index contributed by atoms with van der Waals surface area (Å²) in [6, 6.07) is 0. The summed E-state index contributed by atoms with van der Waals surface area (Å²) in [5.41, 5.74) is 5.46. The molecule has 1 rings (SSSR count). The summed E-state index contributed by atoms with van der Waals surface area (Å²) >= 11 is 0. The van der Waals surface area contributed by atoms with Crippen molar-refractivity contribution >= 4 is 10.0 Å². The van der Waals surface area contributed by atoms with Crippen molar-refractivity contribution in [1.82, 2.24) is 4.72 Å². The van der Waals surface area contributed by atoms with Gasteiger partial charge >= 0.3 is 0 Å². The number of nitrogens with two attached hydrogens (primary N) is 1. The average Bonchev–Trinajstić information content (AvgIpc) is 2.52. The molecular weight excluding hydrogens is 248 g/mol. The van der Waals surface area contributed by atoms with E-state index in [1.807, 2.05) is 13.8 Å². The van der Waals surface area contributed by atoms with Gasteiger partial charge in [-0.15, -0.1) is 0 Å². The largest absolute Gasteiger partial charge is 0.329 e. The quantitative estimate of drug-likeness (QED) is 0.729. The molecule has 0 unspecified atom stereocenters. The molecular formula is C13H28N2O2S. The second-order valence-electron chi connectivity index (χ2n) is 6.00. The van der Waals surface area contributed by atoms with Crippen LogP contribution in [-0.4, -0.2) is 26.3 Å². The lowest BCUT2D eigenvalue weighted by atomic mass is 9.92. The molecule has 0 amide bonds. The highest BCUT2D eigenvalue weighted by atomic mass is 32.2. The zero-order valence-corrected chi connectivity index (χ0v) is 12.6. The van der Waals surface area contributed by atoms with Gasteiger partial charge in [0.2, 0.25) is 10.0 Å². The van der Waals surface area contributed by atoms with Crippen LogP contribution >= 0.6 is 0 Å². The molecule has 4 nitrogen and oxygen atoms in total. The number of sulfonamides is 1. The van der Waals surface area contributed by atoms with E-state index in [-0.39, 0.29) is 11.3 Å². The molecule has 0 aromatic carbocycles. The molecule has 0 atom stereocenters. The maximum atomic E-state index is 12.1. The standard InChI is InChI=1S/C13H28N2O2S/c1-12(2)7-10-18(16,17)15-13(11-14)8-5-3-4-6-9-13/h12,15H,3-11,14H2,1-2H3. The molecule has 3 N–H and O–H groups in total. The van der Waals surface area contributed by atoms with Gasteiger partial charge in [0.15, 0.2) is 0 Å². The van der Waals surface area contributed by atoms with Gasteiger partial charge in [-0.25, -0.2) is 13.1 Å². The molecule has 108 valence electrons. The SMILES string of the molecule is CC(C)CCS(=O)(=O)NC1(CN)CCCCCC1. The van der Waals surface area contributed by atoms with E-state index < -0.39 is 10.0 Å². The van der Waals surface area contributed by atoms with Gasteiger partial charge in [0.25, 0.3) is 0 Å². The van der Waals surface area contributed by atoms with Gasteiger partial charge in [-0.05, 0) is 25.2 Å². The predicted octanol–water partition coefficient (Wildman–Crippen LogP) is 2.00. The third-order valence-electron chi connectivity index (χ3n) is 3.79. The molecule has 1 aliphatic carbocycles. The summed E-state index contributed by atoms with van der Waals surface area (Å²) < 4.78 is 27.1. The van der Waals surface area contributed by atoms with E-state index in [0.29, 0.717) is 18.9 Å². The Hall–Kier alpha value is -0.130. The third-order valence-corrected chi connectivity index (χ3v) is 5.30. The summed E-state index contributed by atoms with van der Waals surface area (Å²) in [6.07, 6.45) is 6.99. The van der Waals surface area contributed by atoms with Gasteiger partial charge in [0.05, 0.1) is 5.75 Å². The first-order valence-corrected chi connectivity index (χ1v) is 8.76. The highest BCUT2D eigenvalue weighted by Gasteiger charge is 2.33. The molecule has 0 heterocycles. The topological polar surface area (TPSA) is 72.2 Å². The monoisotopic (exact) mass is 276 g/mol. The van der Waals surface area contributed by atoms with Crippen LogP contribution in [-0.2, 0) is 10.0 Å². The van der Waals surface area contributed by atoms with Crippen molar-refractivity contribution in [1.29, 1.82) is 0 Å². The summed E-state index contributed by atoms with van der Waals surface area (Å²) in [5, 5.41) is 0. The summed E-state index contributed by atoms with van der Waals surface area (Å²) in [5.74, 6) is 0.622. The molecule has 1 fully saturated rings. The van der Waals surface area contributed by atoms with E-state index in [0.717, 1.165) is 25.7 Å². The van der Waals surface area contributed by atoms with Crippen molar-refractivity contribution in [2.24, 2.45) is 11.7 Å². The Morgan fingerprint density at radius 2 is 1.72 bits per heavy atom. The minimum Gasteiger partial charge on any atom is -0.329 e. The molecule has 18 heavy (non-hydrogen) atoms. The number of hydrogen-bond acceptors (Lipinski definition) is 3. The molecule has 1 saturated carbocycles. The predicted molar refractivity (Wildman–Crippen MR) is 75.9 cm³/mol. The van der Waals surface area contributed by atoms with Crippen LogP contribution in [0.25, 0.3) is 0 Å². The smallest absolute Gasteiger partial charge is 0.212 e. The van der Waals surface area contributed by atoms with Crippen molar-refractivity contribution in [2.75, 3.05) is 12.3 Å². The second kappa shape index (κ2) is 6.87. The fourth-order valence-electron chi connectivity index (χ4n) is 2.52. The van der Waals surface area contributed by atoms with Gasteiger partial charge in [-0.2, -0.15) is 0 Å². The highest BCUT2D eigenvalue weighted by molar-refractivity contribution is 7.89. The highest BCUT2D eigenvalue weighted by Crippen LogP contribution is 2.27. The average molecular weight is 276 g/mol. The molecule has 5 heteroatoms. The zero-order chi connectivity index (χ0) is 13.6. The second-order valence-corrected chi connectivity index (χ2v) is 7.84. The molecule has 0 saturated heterocycles. The van der Waals surface area contributed by atoms with E-state index in [1.165, 1.54) is 12.8 Å². The maximum absolute atomic E-state index is 12.1. The lowest BCUT2D eigenvalue weighted by Crippen LogP contribution is -2.53. The number of rotatable bonds is 6. The molecule has 0 aromatic rings.